The van der Waals surface area contributed by atoms with Crippen LogP contribution in [0.3, 0.4) is 0 Å². The summed E-state index contributed by atoms with van der Waals surface area (Å²) in [6, 6.07) is 21.4. The Morgan fingerprint density at radius 1 is 0.778 bits per heavy atom. The van der Waals surface area contributed by atoms with E-state index in [0.717, 1.165) is 27.8 Å². The van der Waals surface area contributed by atoms with Gasteiger partial charge in [-0.2, -0.15) is 4.98 Å². The van der Waals surface area contributed by atoms with Gasteiger partial charge in [-0.15, -0.1) is 6.42 Å². The molecule has 238 valence electrons. The van der Waals surface area contributed by atoms with Gasteiger partial charge in [-0.05, 0) is 47.4 Å². The molecule has 0 aliphatic heterocycles. The Balaban J connectivity index is 1.37. The Morgan fingerprint density at radius 3 is 2.02 bits per heavy atom. The minimum absolute atomic E-state index is 0.151. The summed E-state index contributed by atoms with van der Waals surface area (Å²) in [6.45, 7) is 8.83. The van der Waals surface area contributed by atoms with Crippen LogP contribution in [0.5, 0.6) is 11.5 Å². The third-order valence-corrected chi connectivity index (χ3v) is 7.06. The highest BCUT2D eigenvalue weighted by molar-refractivity contribution is 5.93. The van der Waals surface area contributed by atoms with Crippen molar-refractivity contribution >= 4 is 10.9 Å². The van der Waals surface area contributed by atoms with E-state index in [1.807, 2.05) is 54.6 Å². The van der Waals surface area contributed by atoms with Crippen molar-refractivity contribution in [2.75, 3.05) is 66.6 Å². The van der Waals surface area contributed by atoms with Gasteiger partial charge in [0.25, 0.3) is 0 Å². The first-order valence-corrected chi connectivity index (χ1v) is 15.1. The lowest BCUT2D eigenvalue weighted by atomic mass is 9.99. The molecule has 0 aliphatic carbocycles. The number of nitrogens with zero attached hydrogens (tertiary/aromatic N) is 2. The van der Waals surface area contributed by atoms with Gasteiger partial charge in [0.2, 0.25) is 0 Å². The highest BCUT2D eigenvalue weighted by Gasteiger charge is 2.15. The predicted octanol–water partition coefficient (Wildman–Crippen LogP) is 5.32. The number of aromatic nitrogens is 2. The molecule has 0 N–H and O–H groups in total. The number of benzene rings is 3. The zero-order chi connectivity index (χ0) is 31.9. The van der Waals surface area contributed by atoms with E-state index >= 15 is 0 Å². The average molecular weight is 615 g/mol. The summed E-state index contributed by atoms with van der Waals surface area (Å²) >= 11 is 0. The molecule has 1 aromatic heterocycles. The van der Waals surface area contributed by atoms with Crippen molar-refractivity contribution in [3.05, 3.63) is 88.3 Å². The van der Waals surface area contributed by atoms with E-state index in [0.29, 0.717) is 76.8 Å². The maximum Gasteiger partial charge on any atom is 0.348 e. The van der Waals surface area contributed by atoms with Gasteiger partial charge >= 0.3 is 5.69 Å². The molecule has 3 aromatic carbocycles. The summed E-state index contributed by atoms with van der Waals surface area (Å²) in [7, 11) is 1.64. The van der Waals surface area contributed by atoms with Crippen molar-refractivity contribution in [3.8, 4) is 35.1 Å². The first-order chi connectivity index (χ1) is 22.0. The molecule has 0 amide bonds. The van der Waals surface area contributed by atoms with Crippen LogP contribution in [0.15, 0.2) is 71.5 Å². The van der Waals surface area contributed by atoms with Gasteiger partial charge in [-0.3, -0.25) is 4.57 Å². The maximum atomic E-state index is 13.4. The van der Waals surface area contributed by atoms with Crippen molar-refractivity contribution in [3.63, 3.8) is 0 Å². The van der Waals surface area contributed by atoms with Crippen LogP contribution >= 0.6 is 0 Å². The minimum Gasteiger partial charge on any atom is -0.491 e. The number of methoxy groups -OCH3 is 1. The summed E-state index contributed by atoms with van der Waals surface area (Å²) in [5, 5.41) is 0.808. The number of rotatable bonds is 19. The second-order valence-corrected chi connectivity index (χ2v) is 10.6. The zero-order valence-electron chi connectivity index (χ0n) is 26.3. The van der Waals surface area contributed by atoms with Crippen LogP contribution in [0.25, 0.3) is 22.2 Å². The quantitative estimate of drug-likeness (QED) is 0.104. The topological polar surface area (TPSA) is 90.3 Å². The molecule has 0 unspecified atom stereocenters. The first-order valence-electron chi connectivity index (χ1n) is 15.1. The summed E-state index contributed by atoms with van der Waals surface area (Å²) in [5.74, 6) is 4.24. The van der Waals surface area contributed by atoms with Crippen LogP contribution in [0.1, 0.15) is 30.9 Å². The van der Waals surface area contributed by atoms with Crippen molar-refractivity contribution in [2.24, 2.45) is 0 Å². The largest absolute Gasteiger partial charge is 0.491 e. The monoisotopic (exact) mass is 614 g/mol. The van der Waals surface area contributed by atoms with Crippen LogP contribution < -0.4 is 15.2 Å². The molecule has 0 aliphatic rings. The van der Waals surface area contributed by atoms with Crippen LogP contribution in [0.2, 0.25) is 0 Å². The Kier molecular flexibility index (Phi) is 13.4. The van der Waals surface area contributed by atoms with Crippen LogP contribution in [-0.2, 0) is 25.5 Å². The van der Waals surface area contributed by atoms with Crippen molar-refractivity contribution < 1.29 is 28.4 Å². The Labute approximate surface area is 265 Å². The van der Waals surface area contributed by atoms with Crippen molar-refractivity contribution in [1.29, 1.82) is 0 Å². The smallest absolute Gasteiger partial charge is 0.348 e. The van der Waals surface area contributed by atoms with E-state index in [1.165, 1.54) is 5.56 Å². The van der Waals surface area contributed by atoms with E-state index in [2.05, 4.69) is 36.9 Å². The summed E-state index contributed by atoms with van der Waals surface area (Å²) in [5.41, 5.74) is 4.06. The fourth-order valence-corrected chi connectivity index (χ4v) is 4.65. The molecule has 0 fully saturated rings. The zero-order valence-corrected chi connectivity index (χ0v) is 26.3. The Hall–Kier alpha value is -4.20. The highest BCUT2D eigenvalue weighted by atomic mass is 16.6. The molecule has 0 bridgehead atoms. The van der Waals surface area contributed by atoms with Crippen molar-refractivity contribution in [2.45, 2.75) is 26.3 Å². The lowest BCUT2D eigenvalue weighted by Crippen LogP contribution is -2.24. The molecule has 45 heavy (non-hydrogen) atoms. The number of ether oxygens (including phenoxy) is 6. The second-order valence-electron chi connectivity index (χ2n) is 10.6. The number of terminal acetylenes is 1. The van der Waals surface area contributed by atoms with Crippen molar-refractivity contribution in [1.82, 2.24) is 9.55 Å². The van der Waals surface area contributed by atoms with Gasteiger partial charge in [0.15, 0.2) is 0 Å². The lowest BCUT2D eigenvalue weighted by molar-refractivity contribution is 0.000163. The molecule has 1 heterocycles. The van der Waals surface area contributed by atoms with Gasteiger partial charge in [0, 0.05) is 18.1 Å². The molecule has 4 rings (SSSR count). The van der Waals surface area contributed by atoms with Crippen LogP contribution in [0, 0.1) is 12.3 Å². The lowest BCUT2D eigenvalue weighted by Gasteiger charge is -2.15. The van der Waals surface area contributed by atoms with E-state index in [4.69, 9.17) is 34.8 Å². The molecule has 4 aromatic rings. The minimum atomic E-state index is -0.331. The Morgan fingerprint density at radius 2 is 1.40 bits per heavy atom. The summed E-state index contributed by atoms with van der Waals surface area (Å²) < 4.78 is 34.5. The predicted molar refractivity (Wildman–Crippen MR) is 175 cm³/mol. The second kappa shape index (κ2) is 17.9. The van der Waals surface area contributed by atoms with Gasteiger partial charge in [-0.25, -0.2) is 4.79 Å². The molecule has 0 radical (unpaired) electrons. The van der Waals surface area contributed by atoms with E-state index in [1.54, 1.807) is 11.7 Å². The molecule has 0 atom stereocenters. The van der Waals surface area contributed by atoms with E-state index in [9.17, 15) is 4.79 Å². The number of fused-ring (bicyclic) bond motifs is 1. The van der Waals surface area contributed by atoms with Gasteiger partial charge < -0.3 is 28.4 Å². The van der Waals surface area contributed by atoms with Gasteiger partial charge in [0.1, 0.15) is 24.7 Å². The number of hydrogen-bond donors (Lipinski definition) is 0. The summed E-state index contributed by atoms with van der Waals surface area (Å²) in [4.78, 5) is 17.9. The molecule has 0 spiro atoms. The average Bonchev–Trinajstić information content (AvgIpc) is 3.06. The van der Waals surface area contributed by atoms with E-state index < -0.39 is 0 Å². The third-order valence-electron chi connectivity index (χ3n) is 7.06. The molecule has 0 saturated carbocycles. The highest BCUT2D eigenvalue weighted by Crippen LogP contribution is 2.30. The molecule has 0 saturated heterocycles. The van der Waals surface area contributed by atoms with Crippen LogP contribution in [-0.4, -0.2) is 76.1 Å². The van der Waals surface area contributed by atoms with Gasteiger partial charge in [0.05, 0.1) is 64.0 Å². The van der Waals surface area contributed by atoms with Gasteiger partial charge in [-0.1, -0.05) is 56.2 Å². The first kappa shape index (κ1) is 33.7. The normalized spacial score (nSPS) is 11.2. The molecular formula is C36H42N2O7. The molecular weight excluding hydrogens is 572 g/mol. The molecule has 9 nitrogen and oxygen atoms in total. The molecule has 9 heteroatoms. The van der Waals surface area contributed by atoms with E-state index in [-0.39, 0.29) is 12.3 Å². The Bertz CT molecular complexity index is 1580. The standard InChI is InChI=1S/C36H42N2O7/c1-5-16-44-32-14-15-34-33(25-32)35(30-10-8-29(9-11-30)27(2)3)37-36(39)38(34)26-28-6-12-31(13-7-28)45-24-23-43-22-21-42-20-19-41-18-17-40-4/h1,6-15,25,27H,16-24,26H2,2-4H3. The van der Waals surface area contributed by atoms with Crippen LogP contribution in [0.4, 0.5) is 0 Å². The fourth-order valence-electron chi connectivity index (χ4n) is 4.65. The number of hydrogen-bond acceptors (Lipinski definition) is 8. The SMILES string of the molecule is C#CCOc1ccc2c(c1)c(-c1ccc(C(C)C)cc1)nc(=O)n2Cc1ccc(OCCOCCOCCOCCOC)cc1. The fraction of sp³-hybridized carbons (Fsp3) is 0.389. The maximum absolute atomic E-state index is 13.4. The third kappa shape index (κ3) is 10.2. The summed E-state index contributed by atoms with van der Waals surface area (Å²) in [6.07, 6.45) is 5.41.